The number of hydrogen-bond acceptors (Lipinski definition) is 4. The molecule has 0 saturated carbocycles. The molecule has 0 bridgehead atoms. The highest BCUT2D eigenvalue weighted by Crippen LogP contribution is 2.24. The summed E-state index contributed by atoms with van der Waals surface area (Å²) in [4.78, 5) is 23.3. The molecule has 23 heavy (non-hydrogen) atoms. The first-order valence-electron chi connectivity index (χ1n) is 7.94. The Morgan fingerprint density at radius 3 is 2.30 bits per heavy atom. The van der Waals surface area contributed by atoms with Crippen LogP contribution in [0.1, 0.15) is 46.6 Å². The summed E-state index contributed by atoms with van der Waals surface area (Å²) in [6, 6.07) is 7.60. The summed E-state index contributed by atoms with van der Waals surface area (Å²) in [5, 5.41) is 2.67. The molecule has 5 heteroatoms. The lowest BCUT2D eigenvalue weighted by Crippen LogP contribution is -2.37. The summed E-state index contributed by atoms with van der Waals surface area (Å²) < 4.78 is 10.4. The van der Waals surface area contributed by atoms with Crippen LogP contribution < -0.4 is 10.1 Å². The average molecular weight is 321 g/mol. The second-order valence-corrected chi connectivity index (χ2v) is 6.49. The lowest BCUT2D eigenvalue weighted by atomic mass is 9.87. The van der Waals surface area contributed by atoms with Crippen LogP contribution >= 0.6 is 0 Å². The van der Waals surface area contributed by atoms with E-state index in [1.54, 1.807) is 6.92 Å². The second-order valence-electron chi connectivity index (χ2n) is 6.49. The van der Waals surface area contributed by atoms with E-state index in [1.807, 2.05) is 31.2 Å². The molecular formula is C18H27NO4. The van der Waals surface area contributed by atoms with Gasteiger partial charge in [0.2, 0.25) is 0 Å². The van der Waals surface area contributed by atoms with Gasteiger partial charge in [-0.25, -0.2) is 4.79 Å². The lowest BCUT2D eigenvalue weighted by molar-refractivity contribution is -0.156. The van der Waals surface area contributed by atoms with Crippen molar-refractivity contribution in [3.8, 4) is 5.75 Å². The molecule has 1 aromatic carbocycles. The van der Waals surface area contributed by atoms with Gasteiger partial charge in [-0.2, -0.15) is 0 Å². The smallest absolute Gasteiger partial charge is 0.344 e. The van der Waals surface area contributed by atoms with E-state index in [2.05, 4.69) is 26.1 Å². The van der Waals surface area contributed by atoms with Crippen LogP contribution in [-0.4, -0.2) is 31.1 Å². The van der Waals surface area contributed by atoms with Gasteiger partial charge in [-0.05, 0) is 36.5 Å². The first-order valence-corrected chi connectivity index (χ1v) is 7.94. The highest BCUT2D eigenvalue weighted by atomic mass is 16.6. The van der Waals surface area contributed by atoms with Crippen molar-refractivity contribution in [2.24, 2.45) is 0 Å². The van der Waals surface area contributed by atoms with Crippen molar-refractivity contribution in [3.63, 3.8) is 0 Å². The van der Waals surface area contributed by atoms with Crippen LogP contribution in [0.4, 0.5) is 0 Å². The maximum Gasteiger partial charge on any atom is 0.344 e. The molecule has 0 aliphatic carbocycles. The number of carbonyl (C=O) groups is 2. The fraction of sp³-hybridized carbons (Fsp3) is 0.556. The van der Waals surface area contributed by atoms with Gasteiger partial charge in [0, 0.05) is 6.54 Å². The predicted molar refractivity (Wildman–Crippen MR) is 89.5 cm³/mol. The summed E-state index contributed by atoms with van der Waals surface area (Å²) in [6.07, 6.45) is 0.0148. The Labute approximate surface area is 138 Å². The van der Waals surface area contributed by atoms with Crippen molar-refractivity contribution < 1.29 is 19.1 Å². The van der Waals surface area contributed by atoms with Crippen LogP contribution in [0.25, 0.3) is 0 Å². The van der Waals surface area contributed by atoms with Gasteiger partial charge < -0.3 is 14.8 Å². The number of carbonyl (C=O) groups excluding carboxylic acids is 2. The number of esters is 1. The molecular weight excluding hydrogens is 294 g/mol. The second kappa shape index (κ2) is 8.56. The molecule has 0 aromatic heterocycles. The molecule has 1 N–H and O–H groups in total. The molecule has 1 atom stereocenters. The maximum absolute atomic E-state index is 11.7. The fourth-order valence-corrected chi connectivity index (χ4v) is 1.87. The minimum Gasteiger partial charge on any atom is -0.482 e. The summed E-state index contributed by atoms with van der Waals surface area (Å²) in [6.45, 7) is 10.2. The Morgan fingerprint density at radius 1 is 1.17 bits per heavy atom. The minimum absolute atomic E-state index is 0.0682. The molecule has 0 heterocycles. The Kier molecular flexibility index (Phi) is 7.07. The Bertz CT molecular complexity index is 517. The van der Waals surface area contributed by atoms with E-state index in [1.165, 1.54) is 5.56 Å². The van der Waals surface area contributed by atoms with Gasteiger partial charge in [0.1, 0.15) is 5.75 Å². The molecule has 0 aliphatic rings. The monoisotopic (exact) mass is 321 g/mol. The zero-order valence-electron chi connectivity index (χ0n) is 14.6. The van der Waals surface area contributed by atoms with Gasteiger partial charge in [-0.3, -0.25) is 4.79 Å². The minimum atomic E-state index is -0.819. The maximum atomic E-state index is 11.7. The molecule has 128 valence electrons. The molecule has 1 aromatic rings. The molecule has 0 fully saturated rings. The highest BCUT2D eigenvalue weighted by Gasteiger charge is 2.18. The Balaban J connectivity index is 2.42. The van der Waals surface area contributed by atoms with Crippen LogP contribution in [-0.2, 0) is 19.7 Å². The van der Waals surface area contributed by atoms with E-state index in [0.29, 0.717) is 12.3 Å². The fourth-order valence-electron chi connectivity index (χ4n) is 1.87. The van der Waals surface area contributed by atoms with Crippen LogP contribution in [0.2, 0.25) is 0 Å². The van der Waals surface area contributed by atoms with Crippen molar-refractivity contribution >= 4 is 11.9 Å². The number of hydrogen-bond donors (Lipinski definition) is 1. The van der Waals surface area contributed by atoms with Crippen molar-refractivity contribution in [3.05, 3.63) is 29.8 Å². The third kappa shape index (κ3) is 6.72. The standard InChI is InChI=1S/C18H27NO4/c1-6-11-19-17(21)13(2)23-16(20)12-22-15-9-7-14(8-10-15)18(3,4)5/h7-10,13H,6,11-12H2,1-5H3,(H,19,21). The highest BCUT2D eigenvalue weighted by molar-refractivity contribution is 5.83. The van der Waals surface area contributed by atoms with Crippen molar-refractivity contribution in [2.75, 3.05) is 13.2 Å². The van der Waals surface area contributed by atoms with Crippen LogP contribution in [0.5, 0.6) is 5.75 Å². The first-order chi connectivity index (χ1) is 10.7. The van der Waals surface area contributed by atoms with E-state index in [9.17, 15) is 9.59 Å². The zero-order valence-corrected chi connectivity index (χ0v) is 14.6. The van der Waals surface area contributed by atoms with Gasteiger partial charge in [0.05, 0.1) is 0 Å². The first kappa shape index (κ1) is 19.0. The summed E-state index contributed by atoms with van der Waals surface area (Å²) in [5.41, 5.74) is 1.26. The predicted octanol–water partition coefficient (Wildman–Crippen LogP) is 2.82. The van der Waals surface area contributed by atoms with Crippen LogP contribution in [0.15, 0.2) is 24.3 Å². The summed E-state index contributed by atoms with van der Waals surface area (Å²) in [7, 11) is 0. The topological polar surface area (TPSA) is 64.6 Å². The molecule has 0 spiro atoms. The van der Waals surface area contributed by atoms with Crippen molar-refractivity contribution in [1.29, 1.82) is 0 Å². The number of ether oxygens (including phenoxy) is 2. The van der Waals surface area contributed by atoms with E-state index in [0.717, 1.165) is 6.42 Å². The molecule has 5 nitrogen and oxygen atoms in total. The Morgan fingerprint density at radius 2 is 1.78 bits per heavy atom. The average Bonchev–Trinajstić information content (AvgIpc) is 2.50. The van der Waals surface area contributed by atoms with Gasteiger partial charge >= 0.3 is 5.97 Å². The molecule has 0 radical (unpaired) electrons. The summed E-state index contributed by atoms with van der Waals surface area (Å²) in [5.74, 6) is -0.267. The zero-order chi connectivity index (χ0) is 17.5. The van der Waals surface area contributed by atoms with Crippen molar-refractivity contribution in [2.45, 2.75) is 52.6 Å². The van der Waals surface area contributed by atoms with E-state index in [4.69, 9.17) is 9.47 Å². The molecule has 1 amide bonds. The quantitative estimate of drug-likeness (QED) is 0.784. The van der Waals surface area contributed by atoms with Gasteiger partial charge in [0.25, 0.3) is 5.91 Å². The third-order valence-corrected chi connectivity index (χ3v) is 3.30. The normalized spacial score (nSPS) is 12.4. The number of amides is 1. The molecule has 0 aliphatic heterocycles. The molecule has 0 saturated heterocycles. The van der Waals surface area contributed by atoms with Gasteiger partial charge in [0.15, 0.2) is 12.7 Å². The van der Waals surface area contributed by atoms with E-state index in [-0.39, 0.29) is 17.9 Å². The van der Waals surface area contributed by atoms with Crippen molar-refractivity contribution in [1.82, 2.24) is 5.32 Å². The number of nitrogens with one attached hydrogen (secondary N) is 1. The SMILES string of the molecule is CCCNC(=O)C(C)OC(=O)COc1ccc(C(C)(C)C)cc1. The third-order valence-electron chi connectivity index (χ3n) is 3.30. The Hall–Kier alpha value is -2.04. The van der Waals surface area contributed by atoms with Gasteiger partial charge in [-0.1, -0.05) is 39.8 Å². The molecule has 1 unspecified atom stereocenters. The number of benzene rings is 1. The number of rotatable bonds is 7. The summed E-state index contributed by atoms with van der Waals surface area (Å²) >= 11 is 0. The lowest BCUT2D eigenvalue weighted by Gasteiger charge is -2.19. The van der Waals surface area contributed by atoms with Crippen LogP contribution in [0, 0.1) is 0 Å². The molecule has 1 rings (SSSR count). The van der Waals surface area contributed by atoms with Crippen LogP contribution in [0.3, 0.4) is 0 Å². The largest absolute Gasteiger partial charge is 0.482 e. The van der Waals surface area contributed by atoms with E-state index >= 15 is 0 Å². The van der Waals surface area contributed by atoms with E-state index < -0.39 is 12.1 Å². The van der Waals surface area contributed by atoms with Gasteiger partial charge in [-0.15, -0.1) is 0 Å².